The van der Waals surface area contributed by atoms with Crippen LogP contribution in [-0.2, 0) is 6.54 Å². The van der Waals surface area contributed by atoms with Crippen molar-refractivity contribution in [2.45, 2.75) is 45.7 Å². The number of nitrogens with one attached hydrogen (secondary N) is 1. The molecule has 2 nitrogen and oxygen atoms in total. The highest BCUT2D eigenvalue weighted by molar-refractivity contribution is 6.32. The van der Waals surface area contributed by atoms with Crippen LogP contribution in [0, 0.1) is 0 Å². The molecular formula is C13H20ClNO. The average molecular weight is 242 g/mol. The lowest BCUT2D eigenvalue weighted by atomic mass is 9.98. The number of hydrogen-bond acceptors (Lipinski definition) is 2. The molecule has 0 heterocycles. The summed E-state index contributed by atoms with van der Waals surface area (Å²) in [5.74, 6) is 0.184. The van der Waals surface area contributed by atoms with E-state index in [2.05, 4.69) is 26.1 Å². The van der Waals surface area contributed by atoms with Crippen LogP contribution in [0.2, 0.25) is 5.02 Å². The molecular weight excluding hydrogens is 222 g/mol. The second-order valence-corrected chi connectivity index (χ2v) is 5.14. The van der Waals surface area contributed by atoms with Gasteiger partial charge in [0.25, 0.3) is 0 Å². The Balaban J connectivity index is 2.64. The molecule has 0 atom stereocenters. The van der Waals surface area contributed by atoms with Crippen LogP contribution in [0.15, 0.2) is 18.2 Å². The van der Waals surface area contributed by atoms with Crippen LogP contribution in [-0.4, -0.2) is 10.6 Å². The lowest BCUT2D eigenvalue weighted by Crippen LogP contribution is -2.38. The van der Waals surface area contributed by atoms with Crippen molar-refractivity contribution in [3.8, 4) is 5.75 Å². The molecule has 16 heavy (non-hydrogen) atoms. The van der Waals surface area contributed by atoms with Crippen LogP contribution in [0.1, 0.15) is 39.2 Å². The Kier molecular flexibility index (Phi) is 4.63. The first-order valence-corrected chi connectivity index (χ1v) is 6.05. The molecule has 2 N–H and O–H groups in total. The van der Waals surface area contributed by atoms with Crippen LogP contribution < -0.4 is 5.32 Å². The van der Waals surface area contributed by atoms with E-state index < -0.39 is 0 Å². The number of halogens is 1. The van der Waals surface area contributed by atoms with Crippen molar-refractivity contribution in [3.63, 3.8) is 0 Å². The average Bonchev–Trinajstić information content (AvgIpc) is 2.20. The zero-order chi connectivity index (χ0) is 12.2. The monoisotopic (exact) mass is 241 g/mol. The summed E-state index contributed by atoms with van der Waals surface area (Å²) in [6, 6.07) is 5.43. The summed E-state index contributed by atoms with van der Waals surface area (Å²) in [4.78, 5) is 0. The SMILES string of the molecule is CCCC(C)(C)NCc1cccc(Cl)c1O. The number of hydrogen-bond donors (Lipinski definition) is 2. The van der Waals surface area contributed by atoms with Crippen molar-refractivity contribution in [1.29, 1.82) is 0 Å². The minimum absolute atomic E-state index is 0.0868. The molecule has 3 heteroatoms. The largest absolute Gasteiger partial charge is 0.506 e. The predicted molar refractivity (Wildman–Crippen MR) is 68.9 cm³/mol. The molecule has 0 unspecified atom stereocenters. The van der Waals surface area contributed by atoms with E-state index in [4.69, 9.17) is 11.6 Å². The van der Waals surface area contributed by atoms with E-state index in [1.54, 1.807) is 6.07 Å². The van der Waals surface area contributed by atoms with E-state index >= 15 is 0 Å². The van der Waals surface area contributed by atoms with Gasteiger partial charge in [-0.1, -0.05) is 37.1 Å². The molecule has 0 aromatic heterocycles. The van der Waals surface area contributed by atoms with E-state index in [1.165, 1.54) is 0 Å². The fourth-order valence-corrected chi connectivity index (χ4v) is 1.94. The van der Waals surface area contributed by atoms with Crippen LogP contribution in [0.25, 0.3) is 0 Å². The van der Waals surface area contributed by atoms with Crippen LogP contribution >= 0.6 is 11.6 Å². The molecule has 0 spiro atoms. The Hall–Kier alpha value is -0.730. The number of phenolic OH excluding ortho intramolecular Hbond substituents is 1. The molecule has 0 aliphatic rings. The van der Waals surface area contributed by atoms with Gasteiger partial charge in [-0.05, 0) is 26.3 Å². The van der Waals surface area contributed by atoms with Gasteiger partial charge in [-0.15, -0.1) is 0 Å². The molecule has 90 valence electrons. The van der Waals surface area contributed by atoms with Crippen molar-refractivity contribution in [3.05, 3.63) is 28.8 Å². The number of benzene rings is 1. The van der Waals surface area contributed by atoms with E-state index in [0.29, 0.717) is 11.6 Å². The lowest BCUT2D eigenvalue weighted by Gasteiger charge is -2.26. The third-order valence-corrected chi connectivity index (χ3v) is 3.01. The standard InChI is InChI=1S/C13H20ClNO/c1-4-8-13(2,3)15-9-10-6-5-7-11(14)12(10)16/h5-7,15-16H,4,8-9H2,1-3H3. The van der Waals surface area contributed by atoms with E-state index in [1.807, 2.05) is 12.1 Å². The van der Waals surface area contributed by atoms with Gasteiger partial charge in [-0.3, -0.25) is 0 Å². The molecule has 0 saturated carbocycles. The van der Waals surface area contributed by atoms with Crippen LogP contribution in [0.5, 0.6) is 5.75 Å². The molecule has 1 aromatic rings. The maximum atomic E-state index is 9.75. The van der Waals surface area contributed by atoms with Gasteiger partial charge in [0.1, 0.15) is 5.75 Å². The van der Waals surface area contributed by atoms with Crippen molar-refractivity contribution in [2.24, 2.45) is 0 Å². The van der Waals surface area contributed by atoms with E-state index in [-0.39, 0.29) is 11.3 Å². The van der Waals surface area contributed by atoms with E-state index in [9.17, 15) is 5.11 Å². The number of aromatic hydroxyl groups is 1. The minimum Gasteiger partial charge on any atom is -0.506 e. The van der Waals surface area contributed by atoms with Gasteiger partial charge in [0.15, 0.2) is 0 Å². The number of phenols is 1. The zero-order valence-electron chi connectivity index (χ0n) is 10.2. The van der Waals surface area contributed by atoms with Crippen molar-refractivity contribution >= 4 is 11.6 Å². The maximum Gasteiger partial charge on any atom is 0.138 e. The molecule has 0 fully saturated rings. The summed E-state index contributed by atoms with van der Waals surface area (Å²) in [5, 5.41) is 13.6. The Morgan fingerprint density at radius 3 is 2.69 bits per heavy atom. The highest BCUT2D eigenvalue weighted by Crippen LogP contribution is 2.27. The highest BCUT2D eigenvalue weighted by Gasteiger charge is 2.16. The zero-order valence-corrected chi connectivity index (χ0v) is 10.9. The summed E-state index contributed by atoms with van der Waals surface area (Å²) in [7, 11) is 0. The molecule has 0 aliphatic carbocycles. The Bertz CT molecular complexity index is 350. The molecule has 0 amide bonds. The fraction of sp³-hybridized carbons (Fsp3) is 0.538. The van der Waals surface area contributed by atoms with E-state index in [0.717, 1.165) is 18.4 Å². The van der Waals surface area contributed by atoms with Crippen molar-refractivity contribution in [2.75, 3.05) is 0 Å². The highest BCUT2D eigenvalue weighted by atomic mass is 35.5. The van der Waals surface area contributed by atoms with Gasteiger partial charge < -0.3 is 10.4 Å². The molecule has 1 rings (SSSR count). The summed E-state index contributed by atoms with van der Waals surface area (Å²) < 4.78 is 0. The van der Waals surface area contributed by atoms with Crippen LogP contribution in [0.3, 0.4) is 0 Å². The molecule has 1 aromatic carbocycles. The van der Waals surface area contributed by atoms with Gasteiger partial charge in [0, 0.05) is 17.6 Å². The topological polar surface area (TPSA) is 32.3 Å². The first kappa shape index (κ1) is 13.3. The van der Waals surface area contributed by atoms with Gasteiger partial charge in [0.05, 0.1) is 5.02 Å². The summed E-state index contributed by atoms with van der Waals surface area (Å²) in [6.45, 7) is 7.13. The quantitative estimate of drug-likeness (QED) is 0.824. The van der Waals surface area contributed by atoms with Crippen molar-refractivity contribution in [1.82, 2.24) is 5.32 Å². The Labute approximate surface area is 103 Å². The second-order valence-electron chi connectivity index (χ2n) is 4.74. The first-order chi connectivity index (χ1) is 7.46. The minimum atomic E-state index is 0.0868. The maximum absolute atomic E-state index is 9.75. The first-order valence-electron chi connectivity index (χ1n) is 5.67. The summed E-state index contributed by atoms with van der Waals surface area (Å²) in [5.41, 5.74) is 0.931. The van der Waals surface area contributed by atoms with Gasteiger partial charge in [-0.25, -0.2) is 0 Å². The smallest absolute Gasteiger partial charge is 0.138 e. The lowest BCUT2D eigenvalue weighted by molar-refractivity contribution is 0.353. The molecule has 0 saturated heterocycles. The Morgan fingerprint density at radius 1 is 1.38 bits per heavy atom. The van der Waals surface area contributed by atoms with Gasteiger partial charge >= 0.3 is 0 Å². The molecule has 0 aliphatic heterocycles. The van der Waals surface area contributed by atoms with Crippen LogP contribution in [0.4, 0.5) is 0 Å². The summed E-state index contributed by atoms with van der Waals surface area (Å²) in [6.07, 6.45) is 2.25. The predicted octanol–water partition coefficient (Wildman–Crippen LogP) is 3.71. The second kappa shape index (κ2) is 5.55. The Morgan fingerprint density at radius 2 is 2.06 bits per heavy atom. The van der Waals surface area contributed by atoms with Gasteiger partial charge in [0.2, 0.25) is 0 Å². The number of para-hydroxylation sites is 1. The molecule has 0 radical (unpaired) electrons. The number of rotatable bonds is 5. The normalized spacial score (nSPS) is 11.8. The van der Waals surface area contributed by atoms with Crippen molar-refractivity contribution < 1.29 is 5.11 Å². The summed E-state index contributed by atoms with van der Waals surface area (Å²) >= 11 is 5.85. The third kappa shape index (κ3) is 3.69. The third-order valence-electron chi connectivity index (χ3n) is 2.70. The van der Waals surface area contributed by atoms with Gasteiger partial charge in [-0.2, -0.15) is 0 Å². The fourth-order valence-electron chi connectivity index (χ4n) is 1.75. The molecule has 0 bridgehead atoms.